The monoisotopic (exact) mass is 348 g/mol. The minimum Gasteiger partial charge on any atom is -0.345 e. The number of hydrogen-bond donors (Lipinski definition) is 0. The third kappa shape index (κ3) is 3.46. The highest BCUT2D eigenvalue weighted by molar-refractivity contribution is 6.30. The molecular formula is C18H21ClN2O3. The van der Waals surface area contributed by atoms with Crippen LogP contribution in [0.1, 0.15) is 29.6 Å². The highest BCUT2D eigenvalue weighted by atomic mass is 35.5. The van der Waals surface area contributed by atoms with E-state index in [0.717, 1.165) is 0 Å². The Kier molecular flexibility index (Phi) is 4.90. The largest absolute Gasteiger partial charge is 0.345 e. The molecule has 0 N–H and O–H groups in total. The summed E-state index contributed by atoms with van der Waals surface area (Å²) in [6, 6.07) is 6.95. The van der Waals surface area contributed by atoms with Crippen LogP contribution in [0.4, 0.5) is 0 Å². The number of halogens is 1. The van der Waals surface area contributed by atoms with Gasteiger partial charge in [-0.3, -0.25) is 14.4 Å². The number of piperidine rings is 1. The fourth-order valence-electron chi connectivity index (χ4n) is 3.50. The van der Waals surface area contributed by atoms with Crippen molar-refractivity contribution >= 4 is 29.2 Å². The first kappa shape index (κ1) is 17.0. The zero-order valence-corrected chi connectivity index (χ0v) is 14.5. The van der Waals surface area contributed by atoms with E-state index in [4.69, 9.17) is 11.6 Å². The Balaban J connectivity index is 1.56. The maximum atomic E-state index is 12.5. The summed E-state index contributed by atoms with van der Waals surface area (Å²) in [4.78, 5) is 40.1. The molecule has 2 fully saturated rings. The average molecular weight is 349 g/mol. The van der Waals surface area contributed by atoms with Crippen molar-refractivity contribution in [1.82, 2.24) is 9.80 Å². The number of rotatable bonds is 3. The van der Waals surface area contributed by atoms with Crippen molar-refractivity contribution in [3.63, 3.8) is 0 Å². The van der Waals surface area contributed by atoms with E-state index in [2.05, 4.69) is 0 Å². The molecule has 0 saturated carbocycles. The molecule has 1 atom stereocenters. The first-order valence-corrected chi connectivity index (χ1v) is 8.66. The second kappa shape index (κ2) is 6.93. The number of Topliss-reactive ketones (excluding diaryl/α,β-unsaturated/α-hetero) is 1. The van der Waals surface area contributed by atoms with Crippen molar-refractivity contribution in [2.45, 2.75) is 19.3 Å². The van der Waals surface area contributed by atoms with Crippen molar-refractivity contribution < 1.29 is 14.4 Å². The van der Waals surface area contributed by atoms with Crippen LogP contribution in [0.5, 0.6) is 0 Å². The Labute approximate surface area is 146 Å². The SMILES string of the molecule is CN1C[C@H](C(=O)N2CCC(C(=O)c3ccc(Cl)cc3)CC2)CC1=O. The topological polar surface area (TPSA) is 57.7 Å². The van der Waals surface area contributed by atoms with Gasteiger partial charge in [0, 0.05) is 49.6 Å². The number of nitrogens with zero attached hydrogens (tertiary/aromatic N) is 2. The molecule has 0 spiro atoms. The van der Waals surface area contributed by atoms with Gasteiger partial charge in [0.25, 0.3) is 0 Å². The summed E-state index contributed by atoms with van der Waals surface area (Å²) in [7, 11) is 1.73. The van der Waals surface area contributed by atoms with E-state index >= 15 is 0 Å². The molecule has 0 bridgehead atoms. The average Bonchev–Trinajstić information content (AvgIpc) is 2.93. The zero-order chi connectivity index (χ0) is 17.3. The van der Waals surface area contributed by atoms with E-state index in [1.165, 1.54) is 0 Å². The van der Waals surface area contributed by atoms with Gasteiger partial charge in [-0.15, -0.1) is 0 Å². The van der Waals surface area contributed by atoms with Crippen molar-refractivity contribution in [2.75, 3.05) is 26.7 Å². The molecule has 0 aromatic heterocycles. The molecular weight excluding hydrogens is 328 g/mol. The lowest BCUT2D eigenvalue weighted by molar-refractivity contribution is -0.137. The number of carbonyl (C=O) groups excluding carboxylic acids is 3. The summed E-state index contributed by atoms with van der Waals surface area (Å²) in [5.74, 6) is -0.0880. The first-order chi connectivity index (χ1) is 11.5. The summed E-state index contributed by atoms with van der Waals surface area (Å²) in [6.07, 6.45) is 1.65. The Morgan fingerprint density at radius 3 is 2.25 bits per heavy atom. The fourth-order valence-corrected chi connectivity index (χ4v) is 3.63. The highest BCUT2D eigenvalue weighted by Crippen LogP contribution is 2.25. The molecule has 1 aromatic carbocycles. The van der Waals surface area contributed by atoms with Gasteiger partial charge in [-0.25, -0.2) is 0 Å². The van der Waals surface area contributed by atoms with Crippen LogP contribution < -0.4 is 0 Å². The van der Waals surface area contributed by atoms with Gasteiger partial charge in [0.15, 0.2) is 5.78 Å². The van der Waals surface area contributed by atoms with E-state index in [9.17, 15) is 14.4 Å². The number of ketones is 1. The first-order valence-electron chi connectivity index (χ1n) is 8.28. The quantitative estimate of drug-likeness (QED) is 0.787. The molecule has 6 heteroatoms. The molecule has 24 heavy (non-hydrogen) atoms. The van der Waals surface area contributed by atoms with Gasteiger partial charge in [0.05, 0.1) is 5.92 Å². The summed E-state index contributed by atoms with van der Waals surface area (Å²) < 4.78 is 0. The number of carbonyl (C=O) groups is 3. The van der Waals surface area contributed by atoms with Gasteiger partial charge in [0.1, 0.15) is 0 Å². The lowest BCUT2D eigenvalue weighted by atomic mass is 9.88. The van der Waals surface area contributed by atoms with Crippen molar-refractivity contribution in [3.05, 3.63) is 34.9 Å². The molecule has 0 radical (unpaired) electrons. The zero-order valence-electron chi connectivity index (χ0n) is 13.7. The van der Waals surface area contributed by atoms with Gasteiger partial charge in [0.2, 0.25) is 11.8 Å². The summed E-state index contributed by atoms with van der Waals surface area (Å²) in [5, 5.41) is 0.614. The Hall–Kier alpha value is -1.88. The number of hydrogen-bond acceptors (Lipinski definition) is 3. The van der Waals surface area contributed by atoms with Gasteiger partial charge < -0.3 is 9.80 Å². The lowest BCUT2D eigenvalue weighted by Crippen LogP contribution is -2.43. The summed E-state index contributed by atoms with van der Waals surface area (Å²) >= 11 is 5.86. The van der Waals surface area contributed by atoms with E-state index in [0.29, 0.717) is 49.5 Å². The van der Waals surface area contributed by atoms with Crippen LogP contribution in [0.15, 0.2) is 24.3 Å². The molecule has 128 valence electrons. The van der Waals surface area contributed by atoms with E-state index in [-0.39, 0.29) is 29.4 Å². The van der Waals surface area contributed by atoms with Crippen LogP contribution in [0.3, 0.4) is 0 Å². The van der Waals surface area contributed by atoms with E-state index in [1.54, 1.807) is 36.2 Å². The molecule has 0 aliphatic carbocycles. The molecule has 0 unspecified atom stereocenters. The molecule has 3 rings (SSSR count). The summed E-state index contributed by atoms with van der Waals surface area (Å²) in [5.41, 5.74) is 0.673. The Morgan fingerprint density at radius 1 is 1.08 bits per heavy atom. The smallest absolute Gasteiger partial charge is 0.227 e. The summed E-state index contributed by atoms with van der Waals surface area (Å²) in [6.45, 7) is 1.66. The van der Waals surface area contributed by atoms with Crippen molar-refractivity contribution in [2.24, 2.45) is 11.8 Å². The van der Waals surface area contributed by atoms with Crippen molar-refractivity contribution in [3.8, 4) is 0 Å². The standard InChI is InChI=1S/C18H21ClN2O3/c1-20-11-14(10-16(20)22)18(24)21-8-6-13(7-9-21)17(23)12-2-4-15(19)5-3-12/h2-5,13-14H,6-11H2,1H3/t14-/m1/s1. The normalized spacial score (nSPS) is 22.1. The fraction of sp³-hybridized carbons (Fsp3) is 0.500. The molecule has 2 saturated heterocycles. The van der Waals surface area contributed by atoms with Gasteiger partial charge >= 0.3 is 0 Å². The van der Waals surface area contributed by atoms with Gasteiger partial charge in [-0.05, 0) is 37.1 Å². The second-order valence-electron chi connectivity index (χ2n) is 6.65. The van der Waals surface area contributed by atoms with Crippen LogP contribution in [0.25, 0.3) is 0 Å². The third-order valence-corrected chi connectivity index (χ3v) is 5.25. The molecule has 2 aliphatic rings. The minimum atomic E-state index is -0.231. The Morgan fingerprint density at radius 2 is 1.71 bits per heavy atom. The predicted octanol–water partition coefficient (Wildman–Crippen LogP) is 2.24. The number of amides is 2. The highest BCUT2D eigenvalue weighted by Gasteiger charge is 2.36. The molecule has 2 heterocycles. The van der Waals surface area contributed by atoms with Gasteiger partial charge in [-0.1, -0.05) is 11.6 Å². The molecule has 1 aromatic rings. The van der Waals surface area contributed by atoms with Crippen LogP contribution in [-0.2, 0) is 9.59 Å². The van der Waals surface area contributed by atoms with Crippen molar-refractivity contribution in [1.29, 1.82) is 0 Å². The van der Waals surface area contributed by atoms with Crippen LogP contribution in [-0.4, -0.2) is 54.1 Å². The lowest BCUT2D eigenvalue weighted by Gasteiger charge is -2.32. The molecule has 2 amide bonds. The van der Waals surface area contributed by atoms with Crippen LogP contribution in [0, 0.1) is 11.8 Å². The van der Waals surface area contributed by atoms with Crippen LogP contribution in [0.2, 0.25) is 5.02 Å². The molecule has 5 nitrogen and oxygen atoms in total. The van der Waals surface area contributed by atoms with Gasteiger partial charge in [-0.2, -0.15) is 0 Å². The Bertz CT molecular complexity index is 651. The number of likely N-dealkylation sites (tertiary alicyclic amines) is 2. The molecule has 2 aliphatic heterocycles. The van der Waals surface area contributed by atoms with E-state index < -0.39 is 0 Å². The minimum absolute atomic E-state index is 0.0288. The second-order valence-corrected chi connectivity index (χ2v) is 7.08. The number of benzene rings is 1. The third-order valence-electron chi connectivity index (χ3n) is 5.00. The maximum Gasteiger partial charge on any atom is 0.227 e. The van der Waals surface area contributed by atoms with E-state index in [1.807, 2.05) is 4.90 Å². The van der Waals surface area contributed by atoms with Crippen LogP contribution >= 0.6 is 11.6 Å². The maximum absolute atomic E-state index is 12.5. The predicted molar refractivity (Wildman–Crippen MR) is 90.8 cm³/mol.